The summed E-state index contributed by atoms with van der Waals surface area (Å²) in [6.07, 6.45) is 1.34. The predicted octanol–water partition coefficient (Wildman–Crippen LogP) is 1.58. The molecule has 3 unspecified atom stereocenters. The molecule has 27 heavy (non-hydrogen) atoms. The van der Waals surface area contributed by atoms with Crippen molar-refractivity contribution in [2.75, 3.05) is 13.1 Å². The number of hydrogen-bond donors (Lipinski definition) is 3. The van der Waals surface area contributed by atoms with Gasteiger partial charge in [0.1, 0.15) is 5.54 Å². The molecule has 148 valence electrons. The molecule has 2 fully saturated rings. The predicted molar refractivity (Wildman–Crippen MR) is 104 cm³/mol. The van der Waals surface area contributed by atoms with Crippen LogP contribution in [0.25, 0.3) is 0 Å². The summed E-state index contributed by atoms with van der Waals surface area (Å²) < 4.78 is 0. The standard InChI is InChI=1S/C19H26N4O3.ClH/c1-12(15(20)13-6-4-3-5-7-13)16(24)23-10-8-14(9-11-23)19(2)17(25)21-18(26)22-19;/h3-7,12,14-15H,8-11,20H2,1-2H3,(H2,21,22,25,26);1H. The van der Waals surface area contributed by atoms with E-state index in [0.29, 0.717) is 25.9 Å². The second-order valence-corrected chi connectivity index (χ2v) is 7.44. The topological polar surface area (TPSA) is 105 Å². The highest BCUT2D eigenvalue weighted by atomic mass is 35.5. The Labute approximate surface area is 165 Å². The molecule has 4 amide bonds. The quantitative estimate of drug-likeness (QED) is 0.674. The third-order valence-electron chi connectivity index (χ3n) is 5.81. The van der Waals surface area contributed by atoms with Crippen LogP contribution in [0.1, 0.15) is 38.3 Å². The lowest BCUT2D eigenvalue weighted by Crippen LogP contribution is -2.55. The van der Waals surface area contributed by atoms with Gasteiger partial charge in [0.15, 0.2) is 0 Å². The Bertz CT molecular complexity index is 706. The van der Waals surface area contributed by atoms with Gasteiger partial charge in [-0.3, -0.25) is 14.9 Å². The van der Waals surface area contributed by atoms with Gasteiger partial charge in [0, 0.05) is 19.1 Å². The van der Waals surface area contributed by atoms with Gasteiger partial charge in [-0.1, -0.05) is 37.3 Å². The molecule has 1 aromatic rings. The van der Waals surface area contributed by atoms with Crippen LogP contribution >= 0.6 is 12.4 Å². The van der Waals surface area contributed by atoms with Gasteiger partial charge in [-0.25, -0.2) is 4.79 Å². The number of piperidine rings is 1. The number of halogens is 1. The maximum absolute atomic E-state index is 12.8. The summed E-state index contributed by atoms with van der Waals surface area (Å²) in [6.45, 7) is 4.74. The first kappa shape index (κ1) is 21.2. The van der Waals surface area contributed by atoms with E-state index in [0.717, 1.165) is 5.56 Å². The normalized spacial score (nSPS) is 25.2. The molecular weight excluding hydrogens is 368 g/mol. The van der Waals surface area contributed by atoms with Crippen LogP contribution in [-0.4, -0.2) is 41.4 Å². The Hall–Kier alpha value is -2.12. The van der Waals surface area contributed by atoms with E-state index in [1.54, 1.807) is 6.92 Å². The smallest absolute Gasteiger partial charge is 0.322 e. The van der Waals surface area contributed by atoms with Crippen LogP contribution in [0.4, 0.5) is 4.79 Å². The lowest BCUT2D eigenvalue weighted by atomic mass is 9.78. The van der Waals surface area contributed by atoms with E-state index in [-0.39, 0.29) is 42.1 Å². The summed E-state index contributed by atoms with van der Waals surface area (Å²) in [6, 6.07) is 8.83. The molecule has 1 aromatic carbocycles. The van der Waals surface area contributed by atoms with Crippen molar-refractivity contribution in [3.8, 4) is 0 Å². The highest BCUT2D eigenvalue weighted by Gasteiger charge is 2.49. The number of benzene rings is 1. The fraction of sp³-hybridized carbons (Fsp3) is 0.526. The summed E-state index contributed by atoms with van der Waals surface area (Å²) in [4.78, 5) is 38.2. The molecule has 0 aliphatic carbocycles. The van der Waals surface area contributed by atoms with Gasteiger partial charge in [0.05, 0.1) is 5.92 Å². The molecule has 2 heterocycles. The molecule has 0 saturated carbocycles. The molecule has 0 bridgehead atoms. The van der Waals surface area contributed by atoms with Gasteiger partial charge in [0.25, 0.3) is 5.91 Å². The molecular formula is C19H27ClN4O3. The van der Waals surface area contributed by atoms with Crippen LogP contribution in [0.15, 0.2) is 30.3 Å². The summed E-state index contributed by atoms with van der Waals surface area (Å²) >= 11 is 0. The Kier molecular flexibility index (Phi) is 6.49. The van der Waals surface area contributed by atoms with Crippen molar-refractivity contribution in [2.45, 2.75) is 38.3 Å². The number of amides is 4. The molecule has 0 radical (unpaired) electrons. The van der Waals surface area contributed by atoms with Gasteiger partial charge in [-0.15, -0.1) is 12.4 Å². The van der Waals surface area contributed by atoms with Crippen LogP contribution in [-0.2, 0) is 9.59 Å². The van der Waals surface area contributed by atoms with E-state index in [1.165, 1.54) is 0 Å². The fourth-order valence-electron chi connectivity index (χ4n) is 3.93. The summed E-state index contributed by atoms with van der Waals surface area (Å²) in [5, 5.41) is 5.04. The van der Waals surface area contributed by atoms with E-state index < -0.39 is 11.6 Å². The summed E-state index contributed by atoms with van der Waals surface area (Å²) in [7, 11) is 0. The number of rotatable bonds is 4. The van der Waals surface area contributed by atoms with Crippen molar-refractivity contribution in [3.63, 3.8) is 0 Å². The number of nitrogens with one attached hydrogen (secondary N) is 2. The van der Waals surface area contributed by atoms with Gasteiger partial charge in [-0.2, -0.15) is 0 Å². The SMILES string of the molecule is CC(C(=O)N1CCC(C2(C)NC(=O)NC2=O)CC1)C(N)c1ccccc1.Cl. The van der Waals surface area contributed by atoms with E-state index >= 15 is 0 Å². The highest BCUT2D eigenvalue weighted by Crippen LogP contribution is 2.32. The van der Waals surface area contributed by atoms with E-state index in [1.807, 2.05) is 42.2 Å². The number of likely N-dealkylation sites (tertiary alicyclic amines) is 1. The summed E-state index contributed by atoms with van der Waals surface area (Å²) in [5.74, 6) is -0.563. The Balaban J connectivity index is 0.00000261. The van der Waals surface area contributed by atoms with Crippen molar-refractivity contribution in [1.82, 2.24) is 15.5 Å². The largest absolute Gasteiger partial charge is 0.342 e. The molecule has 2 saturated heterocycles. The van der Waals surface area contributed by atoms with Crippen LogP contribution in [0, 0.1) is 11.8 Å². The number of hydrogen-bond acceptors (Lipinski definition) is 4. The van der Waals surface area contributed by atoms with Crippen molar-refractivity contribution < 1.29 is 14.4 Å². The third-order valence-corrected chi connectivity index (χ3v) is 5.81. The molecule has 2 aliphatic heterocycles. The maximum Gasteiger partial charge on any atom is 0.322 e. The number of carbonyl (C=O) groups excluding carboxylic acids is 3. The number of imide groups is 1. The monoisotopic (exact) mass is 394 g/mol. The minimum atomic E-state index is -0.891. The zero-order valence-corrected chi connectivity index (χ0v) is 16.4. The summed E-state index contributed by atoms with van der Waals surface area (Å²) in [5.41, 5.74) is 6.33. The Morgan fingerprint density at radius 3 is 2.33 bits per heavy atom. The molecule has 8 heteroatoms. The first-order chi connectivity index (χ1) is 12.3. The molecule has 3 atom stereocenters. The van der Waals surface area contributed by atoms with E-state index in [2.05, 4.69) is 10.6 Å². The van der Waals surface area contributed by atoms with Crippen LogP contribution in [0.3, 0.4) is 0 Å². The second-order valence-electron chi connectivity index (χ2n) is 7.44. The third kappa shape index (κ3) is 4.09. The van der Waals surface area contributed by atoms with Gasteiger partial charge in [0.2, 0.25) is 5.91 Å². The second kappa shape index (κ2) is 8.27. The first-order valence-corrected chi connectivity index (χ1v) is 9.06. The van der Waals surface area contributed by atoms with E-state index in [9.17, 15) is 14.4 Å². The maximum atomic E-state index is 12.8. The Morgan fingerprint density at radius 2 is 1.81 bits per heavy atom. The van der Waals surface area contributed by atoms with E-state index in [4.69, 9.17) is 5.73 Å². The van der Waals surface area contributed by atoms with Crippen LogP contribution < -0.4 is 16.4 Å². The molecule has 2 aliphatic rings. The highest BCUT2D eigenvalue weighted by molar-refractivity contribution is 6.07. The average Bonchev–Trinajstić information content (AvgIpc) is 2.93. The number of urea groups is 1. The number of nitrogens with zero attached hydrogens (tertiary/aromatic N) is 1. The molecule has 7 nitrogen and oxygen atoms in total. The minimum Gasteiger partial charge on any atom is -0.342 e. The van der Waals surface area contributed by atoms with Gasteiger partial charge < -0.3 is 16.0 Å². The fourth-order valence-corrected chi connectivity index (χ4v) is 3.93. The lowest BCUT2D eigenvalue weighted by Gasteiger charge is -2.39. The lowest BCUT2D eigenvalue weighted by molar-refractivity contribution is -0.137. The van der Waals surface area contributed by atoms with Crippen molar-refractivity contribution in [2.24, 2.45) is 17.6 Å². The van der Waals surface area contributed by atoms with Crippen molar-refractivity contribution >= 4 is 30.3 Å². The molecule has 0 spiro atoms. The first-order valence-electron chi connectivity index (χ1n) is 9.06. The van der Waals surface area contributed by atoms with Crippen LogP contribution in [0.2, 0.25) is 0 Å². The molecule has 0 aromatic heterocycles. The number of nitrogens with two attached hydrogens (primary N) is 1. The van der Waals surface area contributed by atoms with Crippen molar-refractivity contribution in [3.05, 3.63) is 35.9 Å². The van der Waals surface area contributed by atoms with Crippen molar-refractivity contribution in [1.29, 1.82) is 0 Å². The number of carbonyl (C=O) groups is 3. The average molecular weight is 395 g/mol. The van der Waals surface area contributed by atoms with Gasteiger partial charge >= 0.3 is 6.03 Å². The Morgan fingerprint density at radius 1 is 1.22 bits per heavy atom. The molecule has 3 rings (SSSR count). The minimum absolute atomic E-state index is 0. The van der Waals surface area contributed by atoms with Gasteiger partial charge in [-0.05, 0) is 31.2 Å². The zero-order chi connectivity index (χ0) is 18.9. The zero-order valence-electron chi connectivity index (χ0n) is 15.6. The molecule has 4 N–H and O–H groups in total. The van der Waals surface area contributed by atoms with Crippen LogP contribution in [0.5, 0.6) is 0 Å².